The quantitative estimate of drug-likeness (QED) is 0.514. The molecule has 0 nitrogen and oxygen atoms in total. The molecule has 0 atom stereocenters. The molecule has 0 aliphatic heterocycles. The predicted molar refractivity (Wildman–Crippen MR) is 49.2 cm³/mol. The number of halogens is 4. The molecule has 1 aromatic carbocycles. The fourth-order valence-electron chi connectivity index (χ4n) is 1.22. The molecule has 0 aliphatic carbocycles. The van der Waals surface area contributed by atoms with Crippen molar-refractivity contribution in [2.24, 2.45) is 0 Å². The first-order valence-electron chi connectivity index (χ1n) is 4.31. The van der Waals surface area contributed by atoms with Crippen molar-refractivity contribution in [2.45, 2.75) is 19.8 Å². The molecule has 0 saturated carbocycles. The van der Waals surface area contributed by atoms with E-state index in [1.165, 1.54) is 6.07 Å². The van der Waals surface area contributed by atoms with Crippen LogP contribution in [0.4, 0.5) is 17.3 Å². The van der Waals surface area contributed by atoms with Crippen molar-refractivity contribution in [1.29, 1.82) is 0 Å². The van der Waals surface area contributed by atoms with E-state index < -0.39 is 18.3 Å². The first kappa shape index (κ1) is 11.1. The van der Waals surface area contributed by atoms with Gasteiger partial charge < -0.3 is 12.9 Å². The van der Waals surface area contributed by atoms with E-state index in [0.717, 1.165) is 6.07 Å². The van der Waals surface area contributed by atoms with Crippen LogP contribution in [0.15, 0.2) is 18.2 Å². The van der Waals surface area contributed by atoms with Crippen LogP contribution in [0.1, 0.15) is 25.3 Å². The Morgan fingerprint density at radius 2 is 1.71 bits per heavy atom. The molecular formula is C9H10BF4-. The molecule has 0 amide bonds. The summed E-state index contributed by atoms with van der Waals surface area (Å²) in [5.74, 6) is -0.888. The van der Waals surface area contributed by atoms with Crippen molar-refractivity contribution < 1.29 is 17.3 Å². The molecular weight excluding hydrogens is 195 g/mol. The van der Waals surface area contributed by atoms with Gasteiger partial charge in [0.15, 0.2) is 0 Å². The topological polar surface area (TPSA) is 0 Å². The molecule has 0 saturated heterocycles. The number of hydrogen-bond donors (Lipinski definition) is 0. The molecule has 5 heteroatoms. The maximum absolute atomic E-state index is 13.1. The molecule has 1 aromatic rings. The van der Waals surface area contributed by atoms with Crippen LogP contribution in [-0.4, -0.2) is 6.98 Å². The van der Waals surface area contributed by atoms with Gasteiger partial charge in [0, 0.05) is 0 Å². The molecule has 0 N–H and O–H groups in total. The summed E-state index contributed by atoms with van der Waals surface area (Å²) in [5, 5.41) is 0. The lowest BCUT2D eigenvalue weighted by molar-refractivity contribution is 0.499. The minimum atomic E-state index is -5.10. The molecule has 0 bridgehead atoms. The Bertz CT molecular complexity index is 330. The van der Waals surface area contributed by atoms with Gasteiger partial charge in [-0.2, -0.15) is 0 Å². The largest absolute Gasteiger partial charge is 0.509 e. The van der Waals surface area contributed by atoms with Gasteiger partial charge in [-0.3, -0.25) is 0 Å². The van der Waals surface area contributed by atoms with Crippen LogP contribution in [0, 0.1) is 5.82 Å². The fourth-order valence-corrected chi connectivity index (χ4v) is 1.22. The van der Waals surface area contributed by atoms with E-state index in [1.54, 1.807) is 13.8 Å². The van der Waals surface area contributed by atoms with E-state index >= 15 is 0 Å². The minimum Gasteiger partial charge on any atom is -0.445 e. The third kappa shape index (κ3) is 2.27. The molecule has 0 aromatic heterocycles. The molecule has 0 unspecified atom stereocenters. The Hall–Kier alpha value is -0.995. The SMILES string of the molecule is CC(C)c1ccc([B-](F)(F)F)cc1F. The predicted octanol–water partition coefficient (Wildman–Crippen LogP) is 3.00. The van der Waals surface area contributed by atoms with E-state index in [-0.39, 0.29) is 5.92 Å². The molecule has 0 spiro atoms. The second-order valence-electron chi connectivity index (χ2n) is 3.51. The van der Waals surface area contributed by atoms with Crippen molar-refractivity contribution in [2.75, 3.05) is 0 Å². The highest BCUT2D eigenvalue weighted by molar-refractivity contribution is 6.73. The van der Waals surface area contributed by atoms with E-state index in [0.29, 0.717) is 11.6 Å². The Kier molecular flexibility index (Phi) is 2.88. The minimum absolute atomic E-state index is 0.107. The Labute approximate surface area is 80.0 Å². The third-order valence-corrected chi connectivity index (χ3v) is 2.02. The summed E-state index contributed by atoms with van der Waals surface area (Å²) >= 11 is 0. The van der Waals surface area contributed by atoms with E-state index in [1.807, 2.05) is 0 Å². The molecule has 1 rings (SSSR count). The molecule has 0 fully saturated rings. The van der Waals surface area contributed by atoms with Crippen LogP contribution in [-0.2, 0) is 0 Å². The summed E-state index contributed by atoms with van der Waals surface area (Å²) in [6.45, 7) is -1.63. The maximum atomic E-state index is 13.1. The third-order valence-electron chi connectivity index (χ3n) is 2.02. The molecule has 0 radical (unpaired) electrons. The lowest BCUT2D eigenvalue weighted by Gasteiger charge is -2.16. The highest BCUT2D eigenvalue weighted by atomic mass is 19.4. The molecule has 14 heavy (non-hydrogen) atoms. The van der Waals surface area contributed by atoms with Gasteiger partial charge in [0.25, 0.3) is 0 Å². The standard InChI is InChI=1S/C9H10BF4/c1-6(2)8-4-3-7(5-9(8)11)10(12,13)14/h3-6H,1-2H3/q-1. The van der Waals surface area contributed by atoms with Crippen molar-refractivity contribution in [3.05, 3.63) is 29.6 Å². The zero-order valence-electron chi connectivity index (χ0n) is 7.90. The van der Waals surface area contributed by atoms with Crippen LogP contribution in [0.25, 0.3) is 0 Å². The molecule has 0 aliphatic rings. The first-order valence-corrected chi connectivity index (χ1v) is 4.31. The van der Waals surface area contributed by atoms with Gasteiger partial charge >= 0.3 is 6.98 Å². The van der Waals surface area contributed by atoms with Gasteiger partial charge in [-0.1, -0.05) is 32.0 Å². The first-order chi connectivity index (χ1) is 6.32. The van der Waals surface area contributed by atoms with Crippen LogP contribution in [0.3, 0.4) is 0 Å². The Balaban J connectivity index is 3.13. The van der Waals surface area contributed by atoms with Gasteiger partial charge in [0.1, 0.15) is 5.82 Å². The number of benzene rings is 1. The van der Waals surface area contributed by atoms with Crippen molar-refractivity contribution in [1.82, 2.24) is 0 Å². The average molecular weight is 205 g/mol. The maximum Gasteiger partial charge on any atom is 0.509 e. The summed E-state index contributed by atoms with van der Waals surface area (Å²) in [7, 11) is 0. The average Bonchev–Trinajstić information content (AvgIpc) is 2.01. The van der Waals surface area contributed by atoms with Crippen molar-refractivity contribution in [3.8, 4) is 0 Å². The van der Waals surface area contributed by atoms with Crippen LogP contribution in [0.2, 0.25) is 0 Å². The van der Waals surface area contributed by atoms with Crippen LogP contribution >= 0.6 is 0 Å². The lowest BCUT2D eigenvalue weighted by atomic mass is 9.79. The van der Waals surface area contributed by atoms with Crippen LogP contribution < -0.4 is 5.46 Å². The zero-order valence-corrected chi connectivity index (χ0v) is 7.90. The summed E-state index contributed by atoms with van der Waals surface area (Å²) in [4.78, 5) is 0. The summed E-state index contributed by atoms with van der Waals surface area (Å²) in [5.41, 5.74) is -0.569. The number of rotatable bonds is 2. The fraction of sp³-hybridized carbons (Fsp3) is 0.333. The second-order valence-corrected chi connectivity index (χ2v) is 3.51. The molecule has 78 valence electrons. The summed E-state index contributed by atoms with van der Waals surface area (Å²) < 4.78 is 49.7. The normalized spacial score (nSPS) is 12.2. The van der Waals surface area contributed by atoms with Gasteiger partial charge in [-0.25, -0.2) is 4.39 Å². The van der Waals surface area contributed by atoms with E-state index in [9.17, 15) is 17.3 Å². The number of hydrogen-bond acceptors (Lipinski definition) is 0. The lowest BCUT2D eigenvalue weighted by Crippen LogP contribution is -2.34. The summed E-state index contributed by atoms with van der Waals surface area (Å²) in [6, 6.07) is 2.69. The van der Waals surface area contributed by atoms with Crippen molar-refractivity contribution in [3.63, 3.8) is 0 Å². The van der Waals surface area contributed by atoms with Crippen LogP contribution in [0.5, 0.6) is 0 Å². The molecule has 0 heterocycles. The highest BCUT2D eigenvalue weighted by Crippen LogP contribution is 2.18. The second kappa shape index (κ2) is 3.63. The van der Waals surface area contributed by atoms with Crippen molar-refractivity contribution >= 4 is 12.4 Å². The van der Waals surface area contributed by atoms with E-state index in [2.05, 4.69) is 0 Å². The Morgan fingerprint density at radius 3 is 2.07 bits per heavy atom. The van der Waals surface area contributed by atoms with E-state index in [4.69, 9.17) is 0 Å². The van der Waals surface area contributed by atoms with Gasteiger partial charge in [-0.15, -0.1) is 5.46 Å². The van der Waals surface area contributed by atoms with Gasteiger partial charge in [-0.05, 0) is 11.5 Å². The van der Waals surface area contributed by atoms with Gasteiger partial charge in [0.05, 0.1) is 0 Å². The smallest absolute Gasteiger partial charge is 0.445 e. The Morgan fingerprint density at radius 1 is 1.14 bits per heavy atom. The monoisotopic (exact) mass is 205 g/mol. The van der Waals surface area contributed by atoms with Gasteiger partial charge in [0.2, 0.25) is 0 Å². The summed E-state index contributed by atoms with van der Waals surface area (Å²) in [6.07, 6.45) is 0. The zero-order chi connectivity index (χ0) is 10.9. The highest BCUT2D eigenvalue weighted by Gasteiger charge is 2.26.